The Hall–Kier alpha value is -1.24. The molecule has 0 heterocycles. The summed E-state index contributed by atoms with van der Waals surface area (Å²) < 4.78 is 0. The molecule has 0 aliphatic heterocycles. The Balaban J connectivity index is 4.55. The van der Waals surface area contributed by atoms with Gasteiger partial charge in [0, 0.05) is 12.1 Å². The maximum Gasteiger partial charge on any atom is 0.0125 e. The van der Waals surface area contributed by atoms with E-state index in [2.05, 4.69) is 32.1 Å². The van der Waals surface area contributed by atoms with Gasteiger partial charge in [-0.3, -0.25) is 0 Å². The van der Waals surface area contributed by atoms with Crippen molar-refractivity contribution in [2.45, 2.75) is 34.1 Å². The van der Waals surface area contributed by atoms with Crippen LogP contribution in [-0.2, 0) is 0 Å². The minimum Gasteiger partial charge on any atom is -0.402 e. The van der Waals surface area contributed by atoms with E-state index in [1.807, 2.05) is 32.1 Å². The van der Waals surface area contributed by atoms with Gasteiger partial charge in [-0.05, 0) is 31.4 Å². The highest BCUT2D eigenvalue weighted by atomic mass is 14.6. The normalized spacial score (nSPS) is 14.7. The molecular weight excluding hydrogens is 182 g/mol. The molecule has 0 radical (unpaired) electrons. The van der Waals surface area contributed by atoms with E-state index in [1.54, 1.807) is 0 Å². The van der Waals surface area contributed by atoms with E-state index >= 15 is 0 Å². The van der Waals surface area contributed by atoms with Gasteiger partial charge >= 0.3 is 0 Å². The van der Waals surface area contributed by atoms with E-state index in [9.17, 15) is 0 Å². The topological polar surface area (TPSA) is 26.0 Å². The minimum atomic E-state index is 0.561. The quantitative estimate of drug-likeness (QED) is 0.676. The van der Waals surface area contributed by atoms with Crippen molar-refractivity contribution in [3.8, 4) is 0 Å². The standard InChI is InChI=1S/C14H23N/c1-5-7-9-14(15)11-13(8-6-2)10-12(3)4/h5-10,12H,11,15H2,1-4H3/b7-5-,8-6-,13-10?,14-9-. The van der Waals surface area contributed by atoms with E-state index in [1.165, 1.54) is 5.57 Å². The molecular formula is C14H23N. The summed E-state index contributed by atoms with van der Waals surface area (Å²) in [5, 5.41) is 0. The number of nitrogens with two attached hydrogens (primary N) is 1. The molecule has 0 aliphatic carbocycles. The first kappa shape index (κ1) is 13.8. The Morgan fingerprint density at radius 1 is 1.20 bits per heavy atom. The van der Waals surface area contributed by atoms with Crippen LogP contribution in [0.25, 0.3) is 0 Å². The Kier molecular flexibility index (Phi) is 7.43. The lowest BCUT2D eigenvalue weighted by atomic mass is 10.0. The summed E-state index contributed by atoms with van der Waals surface area (Å²) in [7, 11) is 0. The predicted octanol–water partition coefficient (Wildman–Crippen LogP) is 3.95. The zero-order chi connectivity index (χ0) is 11.7. The lowest BCUT2D eigenvalue weighted by molar-refractivity contribution is 0.819. The lowest BCUT2D eigenvalue weighted by Gasteiger charge is -2.04. The molecule has 0 unspecified atom stereocenters. The molecule has 84 valence electrons. The van der Waals surface area contributed by atoms with Crippen molar-refractivity contribution < 1.29 is 0 Å². The smallest absolute Gasteiger partial charge is 0.0125 e. The number of allylic oxidation sites excluding steroid dienone is 7. The Morgan fingerprint density at radius 2 is 1.87 bits per heavy atom. The van der Waals surface area contributed by atoms with Gasteiger partial charge in [-0.25, -0.2) is 0 Å². The molecule has 15 heavy (non-hydrogen) atoms. The van der Waals surface area contributed by atoms with Gasteiger partial charge in [0.1, 0.15) is 0 Å². The molecule has 0 bridgehead atoms. The number of hydrogen-bond acceptors (Lipinski definition) is 1. The van der Waals surface area contributed by atoms with Crippen LogP contribution in [0.2, 0.25) is 0 Å². The average Bonchev–Trinajstić information content (AvgIpc) is 2.14. The highest BCUT2D eigenvalue weighted by molar-refractivity contribution is 5.26. The van der Waals surface area contributed by atoms with Crippen molar-refractivity contribution in [1.82, 2.24) is 0 Å². The molecule has 0 rings (SSSR count). The lowest BCUT2D eigenvalue weighted by Crippen LogP contribution is -1.98. The van der Waals surface area contributed by atoms with Gasteiger partial charge in [0.25, 0.3) is 0 Å². The summed E-state index contributed by atoms with van der Waals surface area (Å²) in [5.41, 5.74) is 8.09. The molecule has 0 saturated heterocycles. The predicted molar refractivity (Wildman–Crippen MR) is 69.4 cm³/mol. The molecule has 1 nitrogen and oxygen atoms in total. The maximum absolute atomic E-state index is 5.90. The second-order valence-corrected chi connectivity index (χ2v) is 3.93. The van der Waals surface area contributed by atoms with Gasteiger partial charge in [-0.2, -0.15) is 0 Å². The molecule has 0 atom stereocenters. The molecule has 0 fully saturated rings. The van der Waals surface area contributed by atoms with Crippen LogP contribution >= 0.6 is 0 Å². The van der Waals surface area contributed by atoms with E-state index in [-0.39, 0.29) is 0 Å². The second-order valence-electron chi connectivity index (χ2n) is 3.93. The van der Waals surface area contributed by atoms with Gasteiger partial charge in [0.05, 0.1) is 0 Å². The van der Waals surface area contributed by atoms with Crippen LogP contribution in [0, 0.1) is 5.92 Å². The first-order valence-corrected chi connectivity index (χ1v) is 5.50. The Bertz CT molecular complexity index is 278. The average molecular weight is 205 g/mol. The summed E-state index contributed by atoms with van der Waals surface area (Å²) in [6.07, 6.45) is 13.2. The summed E-state index contributed by atoms with van der Waals surface area (Å²) in [4.78, 5) is 0. The van der Waals surface area contributed by atoms with Gasteiger partial charge < -0.3 is 5.73 Å². The SMILES string of the molecule is C/C=C\C=C(/N)CC(=CC(C)C)/C=C\C. The fourth-order valence-electron chi connectivity index (χ4n) is 1.33. The maximum atomic E-state index is 5.90. The van der Waals surface area contributed by atoms with Crippen molar-refractivity contribution in [3.05, 3.63) is 47.7 Å². The summed E-state index contributed by atoms with van der Waals surface area (Å²) in [6.45, 7) is 8.37. The molecule has 0 aromatic rings. The van der Waals surface area contributed by atoms with E-state index in [4.69, 9.17) is 5.73 Å². The summed E-state index contributed by atoms with van der Waals surface area (Å²) >= 11 is 0. The Morgan fingerprint density at radius 3 is 2.33 bits per heavy atom. The first-order valence-electron chi connectivity index (χ1n) is 5.50. The van der Waals surface area contributed by atoms with Gasteiger partial charge in [0.15, 0.2) is 0 Å². The third-order valence-corrected chi connectivity index (χ3v) is 1.84. The largest absolute Gasteiger partial charge is 0.402 e. The number of rotatable bonds is 5. The van der Waals surface area contributed by atoms with Crippen molar-refractivity contribution in [1.29, 1.82) is 0 Å². The number of hydrogen-bond donors (Lipinski definition) is 1. The second kappa shape index (κ2) is 8.10. The molecule has 0 saturated carbocycles. The fraction of sp³-hybridized carbons (Fsp3) is 0.429. The van der Waals surface area contributed by atoms with E-state index in [0.29, 0.717) is 5.92 Å². The summed E-state index contributed by atoms with van der Waals surface area (Å²) in [6, 6.07) is 0. The van der Waals surface area contributed by atoms with Crippen LogP contribution in [-0.4, -0.2) is 0 Å². The van der Waals surface area contributed by atoms with Crippen LogP contribution in [0.3, 0.4) is 0 Å². The van der Waals surface area contributed by atoms with Gasteiger partial charge in [0.2, 0.25) is 0 Å². The van der Waals surface area contributed by atoms with Crippen LogP contribution in [0.5, 0.6) is 0 Å². The molecule has 2 N–H and O–H groups in total. The van der Waals surface area contributed by atoms with Crippen molar-refractivity contribution in [2.24, 2.45) is 11.7 Å². The molecule has 0 spiro atoms. The molecule has 0 aliphatic rings. The highest BCUT2D eigenvalue weighted by Gasteiger charge is 1.96. The van der Waals surface area contributed by atoms with Crippen LogP contribution < -0.4 is 5.73 Å². The van der Waals surface area contributed by atoms with E-state index < -0.39 is 0 Å². The Labute approximate surface area is 94.1 Å². The molecule has 0 amide bonds. The molecule has 1 heteroatoms. The highest BCUT2D eigenvalue weighted by Crippen LogP contribution is 2.12. The third kappa shape index (κ3) is 7.80. The van der Waals surface area contributed by atoms with Crippen molar-refractivity contribution >= 4 is 0 Å². The van der Waals surface area contributed by atoms with Crippen molar-refractivity contribution in [2.75, 3.05) is 0 Å². The first-order chi connectivity index (χ1) is 7.10. The van der Waals surface area contributed by atoms with Gasteiger partial charge in [-0.15, -0.1) is 0 Å². The zero-order valence-corrected chi connectivity index (χ0v) is 10.3. The monoisotopic (exact) mass is 205 g/mol. The van der Waals surface area contributed by atoms with Crippen molar-refractivity contribution in [3.63, 3.8) is 0 Å². The zero-order valence-electron chi connectivity index (χ0n) is 10.3. The van der Waals surface area contributed by atoms with E-state index in [0.717, 1.165) is 12.1 Å². The molecule has 0 aromatic carbocycles. The third-order valence-electron chi connectivity index (χ3n) is 1.84. The molecule has 0 aromatic heterocycles. The van der Waals surface area contributed by atoms with Crippen LogP contribution in [0.15, 0.2) is 47.7 Å². The van der Waals surface area contributed by atoms with Gasteiger partial charge in [-0.1, -0.05) is 44.2 Å². The summed E-state index contributed by atoms with van der Waals surface area (Å²) in [5.74, 6) is 0.561. The van der Waals surface area contributed by atoms with Crippen LogP contribution in [0.1, 0.15) is 34.1 Å². The fourth-order valence-corrected chi connectivity index (χ4v) is 1.33. The minimum absolute atomic E-state index is 0.561. The van der Waals surface area contributed by atoms with Crippen LogP contribution in [0.4, 0.5) is 0 Å².